The molecule has 7 nitrogen and oxygen atoms in total. The van der Waals surface area contributed by atoms with Crippen molar-refractivity contribution >= 4 is 34.4 Å². The molecule has 2 atom stereocenters. The van der Waals surface area contributed by atoms with E-state index in [2.05, 4.69) is 20.3 Å². The Bertz CT molecular complexity index is 1430. The van der Waals surface area contributed by atoms with Crippen LogP contribution in [0.3, 0.4) is 0 Å². The molecule has 1 saturated carbocycles. The predicted molar refractivity (Wildman–Crippen MR) is 125 cm³/mol. The minimum absolute atomic E-state index is 0.245. The molecule has 3 aromatic heterocycles. The molecule has 1 N–H and O–H groups in total. The molecule has 1 aromatic carbocycles. The molecule has 34 heavy (non-hydrogen) atoms. The van der Waals surface area contributed by atoms with Gasteiger partial charge in [-0.1, -0.05) is 13.8 Å². The van der Waals surface area contributed by atoms with Crippen molar-refractivity contribution in [1.29, 1.82) is 0 Å². The second-order valence-electron chi connectivity index (χ2n) is 9.17. The number of amides is 1. The molecule has 0 radical (unpaired) electrons. The Morgan fingerprint density at radius 2 is 2.12 bits per heavy atom. The molecule has 10 heteroatoms. The van der Waals surface area contributed by atoms with Crippen molar-refractivity contribution in [3.8, 4) is 0 Å². The highest BCUT2D eigenvalue weighted by molar-refractivity contribution is 7.13. The molecule has 4 heterocycles. The molecule has 1 saturated heterocycles. The average Bonchev–Trinajstić information content (AvgIpc) is 3.19. The van der Waals surface area contributed by atoms with Gasteiger partial charge >= 0.3 is 0 Å². The Labute approximate surface area is 198 Å². The van der Waals surface area contributed by atoms with Gasteiger partial charge in [0.15, 0.2) is 5.65 Å². The normalized spacial score (nSPS) is 21.3. The van der Waals surface area contributed by atoms with Crippen LogP contribution in [0, 0.1) is 17.6 Å². The summed E-state index contributed by atoms with van der Waals surface area (Å²) in [4.78, 5) is 24.5. The van der Waals surface area contributed by atoms with Gasteiger partial charge in [0, 0.05) is 24.2 Å². The summed E-state index contributed by atoms with van der Waals surface area (Å²) in [6, 6.07) is 5.46. The lowest BCUT2D eigenvalue weighted by molar-refractivity contribution is 0.103. The Morgan fingerprint density at radius 1 is 1.26 bits per heavy atom. The first-order valence-corrected chi connectivity index (χ1v) is 12.0. The van der Waals surface area contributed by atoms with Crippen molar-refractivity contribution in [1.82, 2.24) is 19.6 Å². The van der Waals surface area contributed by atoms with E-state index in [0.29, 0.717) is 34.1 Å². The molecule has 1 aliphatic heterocycles. The third kappa shape index (κ3) is 3.19. The van der Waals surface area contributed by atoms with E-state index in [-0.39, 0.29) is 17.7 Å². The molecule has 0 unspecified atom stereocenters. The largest absolute Gasteiger partial charge is 0.346 e. The molecule has 2 fully saturated rings. The number of hydrogen-bond donors (Lipinski definition) is 1. The van der Waals surface area contributed by atoms with Gasteiger partial charge in [-0.2, -0.15) is 5.10 Å². The topological polar surface area (TPSA) is 75.4 Å². The Kier molecular flexibility index (Phi) is 4.70. The van der Waals surface area contributed by atoms with E-state index >= 15 is 0 Å². The van der Waals surface area contributed by atoms with Gasteiger partial charge in [-0.25, -0.2) is 23.3 Å². The number of piperidine rings is 1. The van der Waals surface area contributed by atoms with Gasteiger partial charge in [-0.3, -0.25) is 4.79 Å². The Hall–Kier alpha value is -3.40. The van der Waals surface area contributed by atoms with E-state index < -0.39 is 17.2 Å². The maximum Gasteiger partial charge on any atom is 0.267 e. The van der Waals surface area contributed by atoms with Crippen molar-refractivity contribution in [3.63, 3.8) is 0 Å². The second-order valence-corrected chi connectivity index (χ2v) is 10.2. The third-order valence-electron chi connectivity index (χ3n) is 6.77. The number of nitrogens with zero attached hydrogens (tertiary/aromatic N) is 5. The summed E-state index contributed by atoms with van der Waals surface area (Å²) in [7, 11) is 0. The number of carbonyl (C=O) groups excluding carboxylic acids is 1. The fraction of sp³-hybridized carbons (Fsp3) is 0.333. The van der Waals surface area contributed by atoms with Crippen LogP contribution >= 0.6 is 11.3 Å². The van der Waals surface area contributed by atoms with Crippen LogP contribution in [0.15, 0.2) is 42.9 Å². The number of fused-ring (bicyclic) bond motifs is 2. The quantitative estimate of drug-likeness (QED) is 0.437. The molecule has 4 aromatic rings. The molecule has 1 amide bonds. The Balaban J connectivity index is 1.33. The van der Waals surface area contributed by atoms with Crippen molar-refractivity contribution in [3.05, 3.63) is 69.9 Å². The first kappa shape index (κ1) is 21.2. The summed E-state index contributed by atoms with van der Waals surface area (Å²) >= 11 is 1.36. The van der Waals surface area contributed by atoms with Gasteiger partial charge in [0.1, 0.15) is 28.0 Å². The van der Waals surface area contributed by atoms with Gasteiger partial charge in [0.2, 0.25) is 0 Å². The zero-order chi connectivity index (χ0) is 23.6. The molecule has 0 spiro atoms. The molecular formula is C24H22F2N6OS. The summed E-state index contributed by atoms with van der Waals surface area (Å²) < 4.78 is 30.3. The monoisotopic (exact) mass is 480 g/mol. The van der Waals surface area contributed by atoms with Crippen LogP contribution < -0.4 is 10.2 Å². The predicted octanol–water partition coefficient (Wildman–Crippen LogP) is 4.97. The van der Waals surface area contributed by atoms with E-state index in [1.807, 2.05) is 19.9 Å². The number of hydrogen-bond acceptors (Lipinski definition) is 6. The van der Waals surface area contributed by atoms with Gasteiger partial charge in [0.25, 0.3) is 5.91 Å². The standard InChI is InChI=1S/C24H22F2N6OS/c1-13(2)23-27-12-19(34-23)22(33)29-18-11-28-32-8-6-20(30-21(18)32)31-7-5-14-10-24(14,31)16-9-15(25)3-4-17(16)26/h3-4,6,8-9,11-14H,5,7,10H2,1-2H3,(H,29,33)/t14-,24+/m0/s1. The first-order valence-electron chi connectivity index (χ1n) is 11.2. The molecule has 1 aliphatic carbocycles. The summed E-state index contributed by atoms with van der Waals surface area (Å²) in [5.41, 5.74) is 0.753. The number of rotatable bonds is 5. The molecular weight excluding hydrogens is 458 g/mol. The summed E-state index contributed by atoms with van der Waals surface area (Å²) in [6.45, 7) is 4.75. The summed E-state index contributed by atoms with van der Waals surface area (Å²) in [5.74, 6) is 0.0260. The highest BCUT2D eigenvalue weighted by Gasteiger charge is 2.64. The highest BCUT2D eigenvalue weighted by Crippen LogP contribution is 2.63. The number of anilines is 2. The van der Waals surface area contributed by atoms with Crippen molar-refractivity contribution in [2.24, 2.45) is 5.92 Å². The van der Waals surface area contributed by atoms with E-state index in [9.17, 15) is 13.6 Å². The SMILES string of the molecule is CC(C)c1ncc(C(=O)Nc2cnn3ccc(N4CC[C@H]5C[C@]54c4cc(F)ccc4F)nc23)s1. The zero-order valence-corrected chi connectivity index (χ0v) is 19.4. The molecule has 2 aliphatic rings. The van der Waals surface area contributed by atoms with Crippen LogP contribution in [0.1, 0.15) is 52.8 Å². The fourth-order valence-electron chi connectivity index (χ4n) is 5.04. The van der Waals surface area contributed by atoms with E-state index in [0.717, 1.165) is 23.9 Å². The molecule has 0 bridgehead atoms. The highest BCUT2D eigenvalue weighted by atomic mass is 32.1. The summed E-state index contributed by atoms with van der Waals surface area (Å²) in [5, 5.41) is 8.08. The van der Waals surface area contributed by atoms with E-state index in [1.54, 1.807) is 23.1 Å². The van der Waals surface area contributed by atoms with Crippen molar-refractivity contribution in [2.45, 2.75) is 38.1 Å². The van der Waals surface area contributed by atoms with Crippen LogP contribution in [0.2, 0.25) is 0 Å². The van der Waals surface area contributed by atoms with Gasteiger partial charge in [-0.05, 0) is 43.0 Å². The van der Waals surface area contributed by atoms with Crippen LogP contribution in [0.25, 0.3) is 5.65 Å². The third-order valence-corrected chi connectivity index (χ3v) is 8.07. The summed E-state index contributed by atoms with van der Waals surface area (Å²) in [6.07, 6.45) is 6.54. The molecule has 174 valence electrons. The van der Waals surface area contributed by atoms with Crippen molar-refractivity contribution < 1.29 is 13.6 Å². The van der Waals surface area contributed by atoms with E-state index in [4.69, 9.17) is 4.98 Å². The fourth-order valence-corrected chi connectivity index (χ4v) is 5.85. The first-order chi connectivity index (χ1) is 16.4. The van der Waals surface area contributed by atoms with Crippen LogP contribution in [-0.4, -0.2) is 32.0 Å². The zero-order valence-electron chi connectivity index (χ0n) is 18.6. The number of thiazole rings is 1. The van der Waals surface area contributed by atoms with Gasteiger partial charge < -0.3 is 10.2 Å². The minimum Gasteiger partial charge on any atom is -0.346 e. The van der Waals surface area contributed by atoms with Crippen molar-refractivity contribution in [2.75, 3.05) is 16.8 Å². The lowest BCUT2D eigenvalue weighted by atomic mass is 10.0. The number of benzene rings is 1. The number of carbonyl (C=O) groups is 1. The smallest absolute Gasteiger partial charge is 0.267 e. The van der Waals surface area contributed by atoms with Crippen LogP contribution in [0.4, 0.5) is 20.3 Å². The van der Waals surface area contributed by atoms with Gasteiger partial charge in [0.05, 0.1) is 22.9 Å². The average molecular weight is 481 g/mol. The Morgan fingerprint density at radius 3 is 2.88 bits per heavy atom. The van der Waals surface area contributed by atoms with Crippen LogP contribution in [0.5, 0.6) is 0 Å². The lowest BCUT2D eigenvalue weighted by Crippen LogP contribution is -2.34. The minimum atomic E-state index is -0.586. The lowest BCUT2D eigenvalue weighted by Gasteiger charge is -2.30. The second kappa shape index (κ2) is 7.56. The molecule has 6 rings (SSSR count). The maximum atomic E-state index is 14.7. The van der Waals surface area contributed by atoms with Crippen LogP contribution in [-0.2, 0) is 5.54 Å². The number of halogens is 2. The van der Waals surface area contributed by atoms with E-state index in [1.165, 1.54) is 23.5 Å². The van der Waals surface area contributed by atoms with Gasteiger partial charge in [-0.15, -0.1) is 11.3 Å². The number of aromatic nitrogens is 4. The number of nitrogens with one attached hydrogen (secondary N) is 1. The maximum absolute atomic E-state index is 14.7.